The zero-order valence-electron chi connectivity index (χ0n) is 76.7. The summed E-state index contributed by atoms with van der Waals surface area (Å²) in [4.78, 5) is 240. The third-order valence-corrected chi connectivity index (χ3v) is 22.8. The van der Waals surface area contributed by atoms with E-state index in [4.69, 9.17) is 18.9 Å². The first-order chi connectivity index (χ1) is 59.5. The molecule has 37 nitrogen and oxygen atoms in total. The number of fused-ring (bicyclic) bond motifs is 1. The minimum absolute atomic E-state index is 0.00565. The van der Waals surface area contributed by atoms with E-state index < -0.39 is 162 Å². The van der Waals surface area contributed by atoms with E-state index in [0.717, 1.165) is 5.56 Å². The van der Waals surface area contributed by atoms with Crippen molar-refractivity contribution in [3.8, 4) is 5.75 Å². The summed E-state index contributed by atoms with van der Waals surface area (Å²) in [5, 5.41) is 36.3. The average molecular weight is 1940 g/mol. The van der Waals surface area contributed by atoms with Crippen molar-refractivity contribution < 1.29 is 110 Å². The van der Waals surface area contributed by atoms with E-state index in [-0.39, 0.29) is 170 Å². The van der Waals surface area contributed by atoms with Gasteiger partial charge in [0.15, 0.2) is 0 Å². The van der Waals surface area contributed by atoms with Crippen LogP contribution < -0.4 is 53.2 Å². The molecule has 0 spiro atoms. The maximum absolute atomic E-state index is 14.0. The van der Waals surface area contributed by atoms with Gasteiger partial charge in [0.25, 0.3) is 0 Å². The SMILES string of the molecule is CNC(=O)[C@@H](CCC(C)=O)NC(=O)[C@H](Cc1ccc(C)cc1)NC(=O)[C@H](CC(C)=O)NC(=O)COCCOCCNC(=O)CC[C@@H](C(=O)OC(C)(C)C)N(CCN(CC(C)=O)CC(C)=O)CCN(CC(C)=O)CC(=O)OC(C)(C)C.CNC(=O)[C@@H]1CSSC[C@H](C)C(=O)N2C[C@H](C)C[C@H]2C(=O)N[C@@H](Cc2ccc(O)c(I)c2)C(=O)NCC(=O)N[C@@H](CC(C)C)C(=O)N1. The van der Waals surface area contributed by atoms with Crippen molar-refractivity contribution in [1.29, 1.82) is 0 Å². The largest absolute Gasteiger partial charge is 0.507 e. The van der Waals surface area contributed by atoms with E-state index in [9.17, 15) is 91.4 Å². The summed E-state index contributed by atoms with van der Waals surface area (Å²) in [5.74, 6) is -8.07. The zero-order chi connectivity index (χ0) is 95.6. The van der Waals surface area contributed by atoms with Crippen molar-refractivity contribution in [2.75, 3.05) is 124 Å². The molecule has 2 aliphatic rings. The fourth-order valence-electron chi connectivity index (χ4n) is 13.4. The number of likely N-dealkylation sites (N-methyl/N-ethyl adjacent to an activating group) is 2. The molecule has 0 aromatic heterocycles. The Balaban J connectivity index is 0.000000746. The number of phenols is 1. The summed E-state index contributed by atoms with van der Waals surface area (Å²) >= 11 is 1.97. The predicted molar refractivity (Wildman–Crippen MR) is 486 cm³/mol. The van der Waals surface area contributed by atoms with Crippen molar-refractivity contribution in [3.63, 3.8) is 0 Å². The van der Waals surface area contributed by atoms with Crippen molar-refractivity contribution in [1.82, 2.24) is 72.8 Å². The molecule has 2 aromatic rings. The number of aryl methyl sites for hydroxylation is 1. The number of aromatic hydroxyl groups is 1. The lowest BCUT2D eigenvalue weighted by Gasteiger charge is -2.35. The number of halogens is 1. The molecule has 11 amide bonds. The zero-order valence-corrected chi connectivity index (χ0v) is 80.5. The topological polar surface area (TPSA) is 498 Å². The molecule has 0 radical (unpaired) electrons. The number of Topliss-reactive ketones (excluding diaryl/α,β-unsaturated/α-hetero) is 5. The van der Waals surface area contributed by atoms with Crippen LogP contribution in [0.5, 0.6) is 5.75 Å². The Hall–Kier alpha value is -9.07. The Bertz CT molecular complexity index is 4060. The predicted octanol–water partition coefficient (Wildman–Crippen LogP) is 1.91. The first-order valence-electron chi connectivity index (χ1n) is 42.6. The summed E-state index contributed by atoms with van der Waals surface area (Å²) in [6.07, 6.45) is 0.252. The maximum atomic E-state index is 14.0. The summed E-state index contributed by atoms with van der Waals surface area (Å²) < 4.78 is 22.9. The number of carbonyl (C=O) groups excluding carboxylic acids is 18. The second kappa shape index (κ2) is 57.1. The van der Waals surface area contributed by atoms with Crippen LogP contribution in [0.15, 0.2) is 42.5 Å². The monoisotopic (exact) mass is 1930 g/mol. The number of carbonyl (C=O) groups is 18. The second-order valence-electron chi connectivity index (χ2n) is 34.5. The van der Waals surface area contributed by atoms with Gasteiger partial charge in [-0.3, -0.25) is 96.2 Å². The highest BCUT2D eigenvalue weighted by molar-refractivity contribution is 14.1. The molecule has 2 heterocycles. The van der Waals surface area contributed by atoms with Gasteiger partial charge in [-0.1, -0.05) is 85.2 Å². The van der Waals surface area contributed by atoms with E-state index in [1.54, 1.807) is 92.3 Å². The number of benzene rings is 2. The highest BCUT2D eigenvalue weighted by atomic mass is 127. The van der Waals surface area contributed by atoms with Gasteiger partial charge in [-0.2, -0.15) is 0 Å². The Morgan fingerprint density at radius 1 is 0.614 bits per heavy atom. The first kappa shape index (κ1) is 112. The Labute approximate surface area is 766 Å². The normalized spacial score (nSPS) is 18.4. The minimum atomic E-state index is -1.40. The lowest BCUT2D eigenvalue weighted by Crippen LogP contribution is -2.57. The lowest BCUT2D eigenvalue weighted by molar-refractivity contribution is -0.163. The van der Waals surface area contributed by atoms with Crippen LogP contribution in [0.1, 0.15) is 165 Å². The maximum Gasteiger partial charge on any atom is 0.323 e. The number of rotatable bonds is 45. The highest BCUT2D eigenvalue weighted by Gasteiger charge is 2.42. The van der Waals surface area contributed by atoms with Gasteiger partial charge in [-0.05, 0) is 166 Å². The summed E-state index contributed by atoms with van der Waals surface area (Å²) in [6, 6.07) is 3.58. The number of amides is 11. The van der Waals surface area contributed by atoms with Crippen LogP contribution in [0.4, 0.5) is 0 Å². The fraction of sp³-hybridized carbons (Fsp3) is 0.655. The second-order valence-corrected chi connectivity index (χ2v) is 38.2. The van der Waals surface area contributed by atoms with Crippen LogP contribution in [0.3, 0.4) is 0 Å². The molecule has 2 aromatic carbocycles. The smallest absolute Gasteiger partial charge is 0.323 e. The number of ketones is 5. The van der Waals surface area contributed by atoms with Gasteiger partial charge in [0.1, 0.15) is 101 Å². The van der Waals surface area contributed by atoms with Gasteiger partial charge in [0.2, 0.25) is 65.0 Å². The minimum Gasteiger partial charge on any atom is -0.507 e. The number of nitrogens with one attached hydrogen (secondary N) is 10. The van der Waals surface area contributed by atoms with E-state index in [1.165, 1.54) is 76.4 Å². The van der Waals surface area contributed by atoms with Gasteiger partial charge in [-0.15, -0.1) is 0 Å². The van der Waals surface area contributed by atoms with Crippen molar-refractivity contribution in [2.45, 2.75) is 228 Å². The van der Waals surface area contributed by atoms with Crippen molar-refractivity contribution >= 4 is 150 Å². The summed E-state index contributed by atoms with van der Waals surface area (Å²) in [5.41, 5.74) is 0.606. The summed E-state index contributed by atoms with van der Waals surface area (Å²) in [6.45, 7) is 26.1. The van der Waals surface area contributed by atoms with E-state index >= 15 is 0 Å². The molecule has 2 saturated heterocycles. The molecular formula is C87H135IN14O23S2. The standard InChI is InChI=1S/C56H90N8O16.C31H45IN6O7S2/c1-37-14-17-43(18-15-37)31-46(53(75)60-44(51(73)57-13)19-16-38(2)65)61-52(74)45(30-39(3)66)59-49(71)36-78-29-28-77-27-22-58-48(70)21-20-47(54(76)80-56(10,11)12)64(25-23-62(32-40(4)67)33-41(5)68)26-24-63(34-42(6)69)35-50(72)79-55(7,8)9;1-16(2)8-21-29(43)37-23(27(41)33-5)15-47-46-14-18(4)31(45)38-13-17(3)9-24(38)30(44)36-22(28(42)34-12-26(40)35-21)11-19-6-7-25(39)20(32)10-19/h14-15,17-18,44-47H,16,19-36H2,1-13H3,(H,57,73)(H,58,70)(H,59,71)(H,60,75)(H,61,74);6-7,10,16-18,21-24,39H,8-9,11-15H2,1-5H3,(H,33,41)(H,34,42)(H,35,40)(H,36,44)(H,37,43)/t44-,45+,46+,47+;17-,18+,21+,22+,23+,24+/m11/s1. The van der Waals surface area contributed by atoms with Crippen LogP contribution in [-0.2, 0) is 118 Å². The van der Waals surface area contributed by atoms with E-state index in [2.05, 4.69) is 53.2 Å². The Kier molecular flexibility index (Phi) is 50.4. The molecule has 4 rings (SSSR count). The van der Waals surface area contributed by atoms with Crippen molar-refractivity contribution in [2.24, 2.45) is 17.8 Å². The molecule has 11 N–H and O–H groups in total. The van der Waals surface area contributed by atoms with Crippen LogP contribution in [0.2, 0.25) is 0 Å². The first-order valence-corrected chi connectivity index (χ1v) is 46.1. The average Bonchev–Trinajstić information content (AvgIpc) is 1.68. The molecule has 2 aliphatic heterocycles. The lowest BCUT2D eigenvalue weighted by atomic mass is 10.0. The van der Waals surface area contributed by atoms with Gasteiger partial charge >= 0.3 is 11.9 Å². The Morgan fingerprint density at radius 2 is 1.20 bits per heavy atom. The molecule has 40 heteroatoms. The number of hydrogen-bond donors (Lipinski definition) is 11. The fourth-order valence-corrected chi connectivity index (χ4v) is 16.5. The number of ether oxygens (including phenoxy) is 4. The third kappa shape index (κ3) is 46.2. The Morgan fingerprint density at radius 3 is 1.76 bits per heavy atom. The van der Waals surface area contributed by atoms with Gasteiger partial charge in [0, 0.05) is 103 Å². The van der Waals surface area contributed by atoms with Gasteiger partial charge in [-0.25, -0.2) is 0 Å². The van der Waals surface area contributed by atoms with Crippen LogP contribution >= 0.6 is 44.2 Å². The molecule has 0 saturated carbocycles. The molecule has 0 aliphatic carbocycles. The van der Waals surface area contributed by atoms with Gasteiger partial charge in [0.05, 0.1) is 56.1 Å². The highest BCUT2D eigenvalue weighted by Crippen LogP contribution is 2.30. The van der Waals surface area contributed by atoms with Crippen LogP contribution in [0.25, 0.3) is 0 Å². The molecule has 2 fully saturated rings. The van der Waals surface area contributed by atoms with Crippen molar-refractivity contribution in [3.05, 3.63) is 62.7 Å². The number of hydrogen-bond acceptors (Lipinski definition) is 28. The number of phenolic OH excluding ortho intramolecular Hbond substituents is 1. The molecule has 127 heavy (non-hydrogen) atoms. The quantitative estimate of drug-likeness (QED) is 0.0195. The molecule has 710 valence electrons. The number of esters is 2. The van der Waals surface area contributed by atoms with E-state index in [1.807, 2.05) is 62.4 Å². The van der Waals surface area contributed by atoms with Crippen LogP contribution in [0, 0.1) is 28.2 Å². The molecule has 10 atom stereocenters. The number of nitrogens with zero attached hydrogens (tertiary/aromatic N) is 4. The van der Waals surface area contributed by atoms with E-state index in [0.29, 0.717) is 39.8 Å². The molecule has 0 unspecified atom stereocenters. The molecule has 0 bridgehead atoms. The third-order valence-electron chi connectivity index (χ3n) is 19.4. The van der Waals surface area contributed by atoms with Gasteiger partial charge < -0.3 is 86.9 Å². The summed E-state index contributed by atoms with van der Waals surface area (Å²) in [7, 11) is 5.60. The molecular weight excluding hydrogens is 1800 g/mol. The van der Waals surface area contributed by atoms with Crippen LogP contribution in [-0.4, -0.2) is 314 Å².